The summed E-state index contributed by atoms with van der Waals surface area (Å²) in [5.74, 6) is -1.45. The third-order valence-corrected chi connectivity index (χ3v) is 5.60. The molecule has 2 heterocycles. The van der Waals surface area contributed by atoms with Crippen molar-refractivity contribution in [3.8, 4) is 0 Å². The maximum absolute atomic E-state index is 13.0. The van der Waals surface area contributed by atoms with Crippen molar-refractivity contribution in [3.05, 3.63) is 53.9 Å². The van der Waals surface area contributed by atoms with Gasteiger partial charge in [0.15, 0.2) is 0 Å². The molecule has 0 saturated carbocycles. The van der Waals surface area contributed by atoms with Crippen LogP contribution in [0.15, 0.2) is 41.6 Å². The zero-order valence-corrected chi connectivity index (χ0v) is 13.1. The monoisotopic (exact) mass is 352 g/mol. The lowest BCUT2D eigenvalue weighted by molar-refractivity contribution is -0.133. The van der Waals surface area contributed by atoms with Gasteiger partial charge in [-0.3, -0.25) is 20.0 Å². The van der Waals surface area contributed by atoms with E-state index in [4.69, 9.17) is 5.21 Å². The first kappa shape index (κ1) is 16.4. The molecule has 0 fully saturated rings. The van der Waals surface area contributed by atoms with Crippen molar-refractivity contribution in [2.45, 2.75) is 23.9 Å². The summed E-state index contributed by atoms with van der Waals surface area (Å²) in [4.78, 5) is 20.0. The standard InChI is InChI=1S/C14H13FN4O4S/c15-9-1-3-10(4-2-9)24(22,23)19-8-12-11(16-5-6-17-12)7-13(19)14(20)18-21/h1-6,13,21H,7-8H2,(H,18,20). The van der Waals surface area contributed by atoms with E-state index >= 15 is 0 Å². The van der Waals surface area contributed by atoms with E-state index in [1.165, 1.54) is 17.9 Å². The van der Waals surface area contributed by atoms with Crippen molar-refractivity contribution in [1.29, 1.82) is 0 Å². The number of halogens is 1. The molecule has 24 heavy (non-hydrogen) atoms. The van der Waals surface area contributed by atoms with E-state index in [2.05, 4.69) is 9.97 Å². The summed E-state index contributed by atoms with van der Waals surface area (Å²) in [5.41, 5.74) is 2.38. The van der Waals surface area contributed by atoms with Gasteiger partial charge in [0.2, 0.25) is 10.0 Å². The molecule has 1 atom stereocenters. The van der Waals surface area contributed by atoms with Crippen LogP contribution in [-0.2, 0) is 27.8 Å². The van der Waals surface area contributed by atoms with Crippen LogP contribution in [0.3, 0.4) is 0 Å². The predicted octanol–water partition coefficient (Wildman–Crippen LogP) is 0.237. The maximum Gasteiger partial charge on any atom is 0.262 e. The summed E-state index contributed by atoms with van der Waals surface area (Å²) in [5, 5.41) is 8.92. The first-order chi connectivity index (χ1) is 11.4. The molecule has 1 amide bonds. The molecule has 126 valence electrons. The van der Waals surface area contributed by atoms with Gasteiger partial charge in [-0.15, -0.1) is 0 Å². The number of carbonyl (C=O) groups is 1. The van der Waals surface area contributed by atoms with Gasteiger partial charge in [0.05, 0.1) is 22.8 Å². The normalized spacial score (nSPS) is 18.0. The van der Waals surface area contributed by atoms with Gasteiger partial charge in [0.25, 0.3) is 5.91 Å². The fraction of sp³-hybridized carbons (Fsp3) is 0.214. The number of benzene rings is 1. The summed E-state index contributed by atoms with van der Waals surface area (Å²) >= 11 is 0. The topological polar surface area (TPSA) is 112 Å². The van der Waals surface area contributed by atoms with Crippen molar-refractivity contribution in [2.24, 2.45) is 0 Å². The number of hydrogen-bond acceptors (Lipinski definition) is 6. The molecule has 1 aliphatic heterocycles. The van der Waals surface area contributed by atoms with E-state index in [9.17, 15) is 17.6 Å². The van der Waals surface area contributed by atoms with Gasteiger partial charge in [-0.1, -0.05) is 0 Å². The van der Waals surface area contributed by atoms with E-state index in [1.807, 2.05) is 0 Å². The number of amides is 1. The molecule has 10 heteroatoms. The summed E-state index contributed by atoms with van der Waals surface area (Å²) in [6, 6.07) is 3.08. The minimum absolute atomic E-state index is 0.0318. The number of sulfonamides is 1. The van der Waals surface area contributed by atoms with E-state index in [0.29, 0.717) is 11.4 Å². The van der Waals surface area contributed by atoms with Crippen molar-refractivity contribution in [3.63, 3.8) is 0 Å². The molecule has 3 rings (SSSR count). The molecule has 0 aliphatic carbocycles. The zero-order valence-electron chi connectivity index (χ0n) is 12.3. The minimum Gasteiger partial charge on any atom is -0.289 e. The molecule has 0 spiro atoms. The smallest absolute Gasteiger partial charge is 0.262 e. The average Bonchev–Trinajstić information content (AvgIpc) is 2.60. The van der Waals surface area contributed by atoms with Gasteiger partial charge in [-0.2, -0.15) is 4.31 Å². The Kier molecular flexibility index (Phi) is 4.26. The Hall–Kier alpha value is -2.43. The Labute approximate surface area is 137 Å². The second-order valence-electron chi connectivity index (χ2n) is 5.15. The fourth-order valence-corrected chi connectivity index (χ4v) is 4.08. The number of rotatable bonds is 3. The van der Waals surface area contributed by atoms with E-state index in [-0.39, 0.29) is 17.9 Å². The fourth-order valence-electron chi connectivity index (χ4n) is 2.53. The number of nitrogens with zero attached hydrogens (tertiary/aromatic N) is 3. The van der Waals surface area contributed by atoms with Crippen LogP contribution in [0.25, 0.3) is 0 Å². The molecule has 0 bridgehead atoms. The third kappa shape index (κ3) is 2.86. The summed E-state index contributed by atoms with van der Waals surface area (Å²) in [6.45, 7) is -0.180. The lowest BCUT2D eigenvalue weighted by Gasteiger charge is -2.33. The highest BCUT2D eigenvalue weighted by Gasteiger charge is 2.40. The largest absolute Gasteiger partial charge is 0.289 e. The van der Waals surface area contributed by atoms with Gasteiger partial charge in [-0.25, -0.2) is 18.3 Å². The number of nitrogens with one attached hydrogen (secondary N) is 1. The lowest BCUT2D eigenvalue weighted by Crippen LogP contribution is -2.52. The van der Waals surface area contributed by atoms with E-state index in [0.717, 1.165) is 28.6 Å². The number of hydroxylamine groups is 1. The van der Waals surface area contributed by atoms with Gasteiger partial charge in [-0.05, 0) is 24.3 Å². The highest BCUT2D eigenvalue weighted by atomic mass is 32.2. The van der Waals surface area contributed by atoms with Gasteiger partial charge in [0, 0.05) is 18.8 Å². The Morgan fingerprint density at radius 2 is 1.83 bits per heavy atom. The first-order valence-electron chi connectivity index (χ1n) is 6.93. The predicted molar refractivity (Wildman–Crippen MR) is 78.6 cm³/mol. The summed E-state index contributed by atoms with van der Waals surface area (Å²) in [6.07, 6.45) is 2.83. The average molecular weight is 352 g/mol. The molecule has 0 saturated heterocycles. The van der Waals surface area contributed by atoms with E-state index < -0.39 is 27.8 Å². The second-order valence-corrected chi connectivity index (χ2v) is 7.04. The molecule has 2 N–H and O–H groups in total. The minimum atomic E-state index is -4.10. The zero-order chi connectivity index (χ0) is 17.3. The SMILES string of the molecule is O=C(NO)C1Cc2nccnc2CN1S(=O)(=O)c1ccc(F)cc1. The molecule has 8 nitrogen and oxygen atoms in total. The molecule has 1 unspecified atom stereocenters. The molecular formula is C14H13FN4O4S. The van der Waals surface area contributed by atoms with Gasteiger partial charge in [0.1, 0.15) is 11.9 Å². The molecule has 2 aromatic rings. The third-order valence-electron chi connectivity index (χ3n) is 3.73. The Morgan fingerprint density at radius 3 is 2.46 bits per heavy atom. The van der Waals surface area contributed by atoms with E-state index in [1.54, 1.807) is 0 Å². The van der Waals surface area contributed by atoms with Crippen LogP contribution in [-0.4, -0.2) is 39.8 Å². The van der Waals surface area contributed by atoms with Crippen LogP contribution in [0.5, 0.6) is 0 Å². The van der Waals surface area contributed by atoms with Crippen LogP contribution in [0.2, 0.25) is 0 Å². The van der Waals surface area contributed by atoms with Crippen molar-refractivity contribution in [2.75, 3.05) is 0 Å². The lowest BCUT2D eigenvalue weighted by atomic mass is 10.0. The summed E-state index contributed by atoms with van der Waals surface area (Å²) < 4.78 is 39.6. The Morgan fingerprint density at radius 1 is 1.21 bits per heavy atom. The molecule has 1 aromatic carbocycles. The summed E-state index contributed by atoms with van der Waals surface area (Å²) in [7, 11) is -4.10. The Balaban J connectivity index is 2.05. The molecule has 1 aromatic heterocycles. The number of fused-ring (bicyclic) bond motifs is 1. The van der Waals surface area contributed by atoms with Crippen LogP contribution in [0.1, 0.15) is 11.4 Å². The number of hydrogen-bond donors (Lipinski definition) is 2. The quantitative estimate of drug-likeness (QED) is 0.604. The highest BCUT2D eigenvalue weighted by Crippen LogP contribution is 2.27. The van der Waals surface area contributed by atoms with Crippen LogP contribution in [0, 0.1) is 5.82 Å². The van der Waals surface area contributed by atoms with Crippen LogP contribution < -0.4 is 5.48 Å². The molecule has 1 aliphatic rings. The molecular weight excluding hydrogens is 339 g/mol. The first-order valence-corrected chi connectivity index (χ1v) is 8.37. The van der Waals surface area contributed by atoms with Crippen LogP contribution >= 0.6 is 0 Å². The van der Waals surface area contributed by atoms with Crippen molar-refractivity contribution < 1.29 is 22.8 Å². The van der Waals surface area contributed by atoms with Gasteiger partial charge >= 0.3 is 0 Å². The highest BCUT2D eigenvalue weighted by molar-refractivity contribution is 7.89. The van der Waals surface area contributed by atoms with Gasteiger partial charge < -0.3 is 0 Å². The number of aromatic nitrogens is 2. The Bertz CT molecular complexity index is 873. The van der Waals surface area contributed by atoms with Crippen LogP contribution in [0.4, 0.5) is 4.39 Å². The van der Waals surface area contributed by atoms with Crippen molar-refractivity contribution >= 4 is 15.9 Å². The molecule has 0 radical (unpaired) electrons. The maximum atomic E-state index is 13.0. The number of carbonyl (C=O) groups excluding carboxylic acids is 1. The second kappa shape index (κ2) is 6.23. The van der Waals surface area contributed by atoms with Crippen molar-refractivity contribution in [1.82, 2.24) is 19.8 Å².